The van der Waals surface area contributed by atoms with E-state index in [0.717, 1.165) is 25.0 Å². The van der Waals surface area contributed by atoms with E-state index in [1.807, 2.05) is 6.07 Å². The lowest BCUT2D eigenvalue weighted by Crippen LogP contribution is -2.36. The van der Waals surface area contributed by atoms with E-state index in [4.69, 9.17) is 9.47 Å². The van der Waals surface area contributed by atoms with Crippen LogP contribution in [0, 0.1) is 10.1 Å². The predicted molar refractivity (Wildman–Crippen MR) is 74.9 cm³/mol. The summed E-state index contributed by atoms with van der Waals surface area (Å²) in [5.41, 5.74) is 0.881. The summed E-state index contributed by atoms with van der Waals surface area (Å²) in [6, 6.07) is 5.02. The Bertz CT molecular complexity index is 472. The van der Waals surface area contributed by atoms with Crippen LogP contribution in [0.5, 0.6) is 5.75 Å². The average Bonchev–Trinajstić information content (AvgIpc) is 2.98. The third-order valence-corrected chi connectivity index (χ3v) is 3.55. The second-order valence-corrected chi connectivity index (χ2v) is 5.02. The Labute approximate surface area is 118 Å². The molecule has 1 N–H and O–H groups in total. The molecule has 0 saturated carbocycles. The van der Waals surface area contributed by atoms with Crippen LogP contribution in [0.3, 0.4) is 0 Å². The van der Waals surface area contributed by atoms with Crippen LogP contribution in [0.2, 0.25) is 0 Å². The first-order chi connectivity index (χ1) is 9.60. The Morgan fingerprint density at radius 2 is 2.35 bits per heavy atom. The number of hydrogen-bond donors (Lipinski definition) is 1. The molecular formula is C14H20N2O4. The predicted octanol–water partition coefficient (Wildman–Crippen LogP) is 2.26. The molecule has 1 fully saturated rings. The molecule has 2 rings (SSSR count). The van der Waals surface area contributed by atoms with Crippen molar-refractivity contribution in [1.29, 1.82) is 0 Å². The van der Waals surface area contributed by atoms with Gasteiger partial charge in [-0.3, -0.25) is 10.1 Å². The van der Waals surface area contributed by atoms with Crippen molar-refractivity contribution < 1.29 is 14.4 Å². The highest BCUT2D eigenvalue weighted by Crippen LogP contribution is 2.23. The van der Waals surface area contributed by atoms with E-state index in [2.05, 4.69) is 12.2 Å². The van der Waals surface area contributed by atoms with Gasteiger partial charge in [-0.05, 0) is 31.4 Å². The Morgan fingerprint density at radius 3 is 2.95 bits per heavy atom. The van der Waals surface area contributed by atoms with Crippen molar-refractivity contribution in [3.8, 4) is 5.75 Å². The molecule has 0 radical (unpaired) electrons. The highest BCUT2D eigenvalue weighted by Gasteiger charge is 2.22. The molecule has 2 atom stereocenters. The number of nitrogens with zero attached hydrogens (tertiary/aromatic N) is 1. The van der Waals surface area contributed by atoms with Crippen LogP contribution < -0.4 is 10.1 Å². The molecule has 0 aromatic heterocycles. The van der Waals surface area contributed by atoms with Gasteiger partial charge < -0.3 is 14.8 Å². The minimum Gasteiger partial charge on any atom is -0.496 e. The standard InChI is InChI=1S/C14H20N2O4/c1-10(14-4-3-5-20-14)15-9-11-6-12(16(17)18)8-13(7-11)19-2/h6-8,10,14-15H,3-5,9H2,1-2H3. The molecular weight excluding hydrogens is 260 g/mol. The molecule has 1 aromatic carbocycles. The van der Waals surface area contributed by atoms with Crippen molar-refractivity contribution in [2.45, 2.75) is 38.5 Å². The van der Waals surface area contributed by atoms with Gasteiger partial charge in [-0.15, -0.1) is 0 Å². The van der Waals surface area contributed by atoms with Gasteiger partial charge in [0.15, 0.2) is 0 Å². The minimum atomic E-state index is -0.407. The van der Waals surface area contributed by atoms with Crippen molar-refractivity contribution in [3.63, 3.8) is 0 Å². The third-order valence-electron chi connectivity index (χ3n) is 3.55. The molecule has 1 aliphatic rings. The largest absolute Gasteiger partial charge is 0.496 e. The van der Waals surface area contributed by atoms with E-state index in [1.165, 1.54) is 13.2 Å². The van der Waals surface area contributed by atoms with Gasteiger partial charge in [0.25, 0.3) is 5.69 Å². The number of hydrogen-bond acceptors (Lipinski definition) is 5. The fraction of sp³-hybridized carbons (Fsp3) is 0.571. The smallest absolute Gasteiger partial charge is 0.273 e. The number of methoxy groups -OCH3 is 1. The minimum absolute atomic E-state index is 0.0471. The van der Waals surface area contributed by atoms with E-state index in [0.29, 0.717) is 12.3 Å². The van der Waals surface area contributed by atoms with Gasteiger partial charge in [-0.2, -0.15) is 0 Å². The van der Waals surface area contributed by atoms with Crippen molar-refractivity contribution in [2.75, 3.05) is 13.7 Å². The number of nitrogens with one attached hydrogen (secondary N) is 1. The maximum Gasteiger partial charge on any atom is 0.273 e. The summed E-state index contributed by atoms with van der Waals surface area (Å²) in [6.45, 7) is 3.45. The number of ether oxygens (including phenoxy) is 2. The first kappa shape index (κ1) is 14.7. The van der Waals surface area contributed by atoms with E-state index >= 15 is 0 Å². The maximum atomic E-state index is 10.9. The molecule has 1 saturated heterocycles. The van der Waals surface area contributed by atoms with Crippen molar-refractivity contribution in [1.82, 2.24) is 5.32 Å². The molecule has 6 heteroatoms. The zero-order chi connectivity index (χ0) is 14.5. The van der Waals surface area contributed by atoms with Crippen molar-refractivity contribution >= 4 is 5.69 Å². The zero-order valence-corrected chi connectivity index (χ0v) is 11.8. The van der Waals surface area contributed by atoms with Gasteiger partial charge in [0, 0.05) is 25.3 Å². The Hall–Kier alpha value is -1.66. The van der Waals surface area contributed by atoms with Crippen LogP contribution in [0.25, 0.3) is 0 Å². The van der Waals surface area contributed by atoms with Crippen LogP contribution in [0.15, 0.2) is 18.2 Å². The van der Waals surface area contributed by atoms with E-state index < -0.39 is 4.92 Å². The number of benzene rings is 1. The Kier molecular flexibility index (Phi) is 4.92. The number of nitro benzene ring substituents is 1. The van der Waals surface area contributed by atoms with Crippen LogP contribution in [-0.4, -0.2) is 30.8 Å². The molecule has 0 spiro atoms. The lowest BCUT2D eigenvalue weighted by molar-refractivity contribution is -0.385. The SMILES string of the molecule is COc1cc(CNC(C)C2CCCO2)cc([N+](=O)[O-])c1. The third kappa shape index (κ3) is 3.68. The van der Waals surface area contributed by atoms with Gasteiger partial charge >= 0.3 is 0 Å². The maximum absolute atomic E-state index is 10.9. The van der Waals surface area contributed by atoms with E-state index in [1.54, 1.807) is 6.07 Å². The second kappa shape index (κ2) is 6.67. The first-order valence-corrected chi connectivity index (χ1v) is 6.77. The average molecular weight is 280 g/mol. The normalized spacial score (nSPS) is 19.8. The molecule has 0 amide bonds. The summed E-state index contributed by atoms with van der Waals surface area (Å²) in [5.74, 6) is 0.501. The molecule has 20 heavy (non-hydrogen) atoms. The number of non-ortho nitro benzene ring substituents is 1. The first-order valence-electron chi connectivity index (χ1n) is 6.77. The summed E-state index contributed by atoms with van der Waals surface area (Å²) in [6.07, 6.45) is 2.39. The van der Waals surface area contributed by atoms with Crippen LogP contribution in [-0.2, 0) is 11.3 Å². The highest BCUT2D eigenvalue weighted by molar-refractivity contribution is 5.42. The Balaban J connectivity index is 2.00. The van der Waals surface area contributed by atoms with Crippen LogP contribution >= 0.6 is 0 Å². The summed E-state index contributed by atoms with van der Waals surface area (Å²) in [7, 11) is 1.51. The molecule has 1 aromatic rings. The van der Waals surface area contributed by atoms with Gasteiger partial charge in [0.05, 0.1) is 24.2 Å². The van der Waals surface area contributed by atoms with E-state index in [9.17, 15) is 10.1 Å². The fourth-order valence-corrected chi connectivity index (χ4v) is 2.38. The topological polar surface area (TPSA) is 73.6 Å². The monoisotopic (exact) mass is 280 g/mol. The van der Waals surface area contributed by atoms with Gasteiger partial charge in [0.2, 0.25) is 0 Å². The lowest BCUT2D eigenvalue weighted by Gasteiger charge is -2.20. The van der Waals surface area contributed by atoms with Gasteiger partial charge in [-0.1, -0.05) is 0 Å². The second-order valence-electron chi connectivity index (χ2n) is 5.02. The van der Waals surface area contributed by atoms with Gasteiger partial charge in [0.1, 0.15) is 5.75 Å². The summed E-state index contributed by atoms with van der Waals surface area (Å²) >= 11 is 0. The highest BCUT2D eigenvalue weighted by atomic mass is 16.6. The molecule has 1 heterocycles. The number of rotatable bonds is 6. The molecule has 110 valence electrons. The van der Waals surface area contributed by atoms with E-state index in [-0.39, 0.29) is 17.8 Å². The van der Waals surface area contributed by atoms with Gasteiger partial charge in [-0.25, -0.2) is 0 Å². The summed E-state index contributed by atoms with van der Waals surface area (Å²) in [5, 5.41) is 14.2. The van der Waals surface area contributed by atoms with Crippen molar-refractivity contribution in [2.24, 2.45) is 0 Å². The fourth-order valence-electron chi connectivity index (χ4n) is 2.38. The molecule has 0 aliphatic carbocycles. The molecule has 6 nitrogen and oxygen atoms in total. The zero-order valence-electron chi connectivity index (χ0n) is 11.8. The summed E-state index contributed by atoms with van der Waals surface area (Å²) < 4.78 is 10.7. The van der Waals surface area contributed by atoms with Crippen molar-refractivity contribution in [3.05, 3.63) is 33.9 Å². The molecule has 0 bridgehead atoms. The number of nitro groups is 1. The quantitative estimate of drug-likeness (QED) is 0.639. The summed E-state index contributed by atoms with van der Waals surface area (Å²) in [4.78, 5) is 10.5. The van der Waals surface area contributed by atoms with Crippen LogP contribution in [0.1, 0.15) is 25.3 Å². The molecule has 1 aliphatic heterocycles. The lowest BCUT2D eigenvalue weighted by atomic mass is 10.1. The van der Waals surface area contributed by atoms with Crippen LogP contribution in [0.4, 0.5) is 5.69 Å². The Morgan fingerprint density at radius 1 is 1.55 bits per heavy atom. The molecule has 2 unspecified atom stereocenters.